The fraction of sp³-hybridized carbons (Fsp3) is 0.333. The number of rotatable bonds is 5. The van der Waals surface area contributed by atoms with Crippen molar-refractivity contribution in [1.29, 1.82) is 0 Å². The molecular formula is C15H19NO. The topological polar surface area (TPSA) is 32.3 Å². The summed E-state index contributed by atoms with van der Waals surface area (Å²) in [7, 11) is 0. The fourth-order valence-electron chi connectivity index (χ4n) is 1.95. The lowest BCUT2D eigenvalue weighted by molar-refractivity contribution is 0.175. The second-order valence-electron chi connectivity index (χ2n) is 4.33. The maximum absolute atomic E-state index is 10.0. The monoisotopic (exact) mass is 229 g/mol. The number of aliphatic hydroxyl groups excluding tert-OH is 1. The third-order valence-corrected chi connectivity index (χ3v) is 2.92. The van der Waals surface area contributed by atoms with Gasteiger partial charge in [-0.15, -0.1) is 0 Å². The normalized spacial score (nSPS) is 12.8. The first-order valence-electron chi connectivity index (χ1n) is 6.18. The van der Waals surface area contributed by atoms with E-state index in [9.17, 15) is 5.11 Å². The molecular weight excluding hydrogens is 210 g/mol. The highest BCUT2D eigenvalue weighted by Crippen LogP contribution is 2.19. The van der Waals surface area contributed by atoms with Crippen LogP contribution in [0, 0.1) is 0 Å². The molecule has 2 rings (SSSR count). The van der Waals surface area contributed by atoms with Crippen molar-refractivity contribution in [1.82, 2.24) is 5.32 Å². The average Bonchev–Trinajstić information content (AvgIpc) is 2.38. The van der Waals surface area contributed by atoms with Gasteiger partial charge in [-0.05, 0) is 35.4 Å². The molecule has 2 aromatic carbocycles. The Hall–Kier alpha value is -1.38. The lowest BCUT2D eigenvalue weighted by Crippen LogP contribution is -2.22. The zero-order valence-electron chi connectivity index (χ0n) is 10.2. The molecule has 0 fully saturated rings. The summed E-state index contributed by atoms with van der Waals surface area (Å²) in [5.41, 5.74) is 0.979. The summed E-state index contributed by atoms with van der Waals surface area (Å²) in [5.74, 6) is 0. The van der Waals surface area contributed by atoms with Gasteiger partial charge in [-0.2, -0.15) is 0 Å². The number of aliphatic hydroxyl groups is 1. The van der Waals surface area contributed by atoms with Crippen LogP contribution < -0.4 is 5.32 Å². The smallest absolute Gasteiger partial charge is 0.0914 e. The molecule has 90 valence electrons. The van der Waals surface area contributed by atoms with Crippen LogP contribution in [0.2, 0.25) is 0 Å². The third kappa shape index (κ3) is 3.05. The van der Waals surface area contributed by atoms with Gasteiger partial charge in [0.2, 0.25) is 0 Å². The van der Waals surface area contributed by atoms with Gasteiger partial charge in [-0.3, -0.25) is 0 Å². The van der Waals surface area contributed by atoms with Crippen molar-refractivity contribution in [2.45, 2.75) is 19.4 Å². The molecule has 0 bridgehead atoms. The predicted molar refractivity (Wildman–Crippen MR) is 72.1 cm³/mol. The van der Waals surface area contributed by atoms with Gasteiger partial charge in [0.25, 0.3) is 0 Å². The highest BCUT2D eigenvalue weighted by molar-refractivity contribution is 5.83. The zero-order chi connectivity index (χ0) is 12.1. The Balaban J connectivity index is 2.12. The van der Waals surface area contributed by atoms with Crippen molar-refractivity contribution in [3.05, 3.63) is 48.0 Å². The van der Waals surface area contributed by atoms with E-state index in [2.05, 4.69) is 36.5 Å². The number of nitrogens with one attached hydrogen (secondary N) is 1. The molecule has 0 amide bonds. The van der Waals surface area contributed by atoms with Crippen LogP contribution in [0.3, 0.4) is 0 Å². The molecule has 2 aromatic rings. The van der Waals surface area contributed by atoms with Crippen molar-refractivity contribution in [3.8, 4) is 0 Å². The molecule has 2 N–H and O–H groups in total. The average molecular weight is 229 g/mol. The maximum Gasteiger partial charge on any atom is 0.0914 e. The molecule has 0 heterocycles. The van der Waals surface area contributed by atoms with Crippen LogP contribution in [-0.4, -0.2) is 18.2 Å². The van der Waals surface area contributed by atoms with E-state index in [1.807, 2.05) is 18.2 Å². The standard InChI is InChI=1S/C15H19NO/c1-2-9-16-11-15(17)14-8-7-12-5-3-4-6-13(12)10-14/h3-8,10,15-17H,2,9,11H2,1H3/t15-/m0/s1. The van der Waals surface area contributed by atoms with Gasteiger partial charge in [0.15, 0.2) is 0 Å². The fourth-order valence-corrected chi connectivity index (χ4v) is 1.95. The third-order valence-electron chi connectivity index (χ3n) is 2.92. The Morgan fingerprint density at radius 2 is 1.88 bits per heavy atom. The summed E-state index contributed by atoms with van der Waals surface area (Å²) >= 11 is 0. The van der Waals surface area contributed by atoms with Gasteiger partial charge in [0, 0.05) is 6.54 Å². The van der Waals surface area contributed by atoms with E-state index in [1.165, 1.54) is 10.8 Å². The molecule has 0 aromatic heterocycles. The van der Waals surface area contributed by atoms with Crippen LogP contribution in [0.5, 0.6) is 0 Å². The lowest BCUT2D eigenvalue weighted by Gasteiger charge is -2.12. The minimum Gasteiger partial charge on any atom is -0.387 e. The molecule has 0 aliphatic rings. The molecule has 0 aliphatic carbocycles. The molecule has 17 heavy (non-hydrogen) atoms. The first kappa shape index (κ1) is 12.1. The highest BCUT2D eigenvalue weighted by atomic mass is 16.3. The summed E-state index contributed by atoms with van der Waals surface area (Å²) in [6.07, 6.45) is 0.663. The van der Waals surface area contributed by atoms with E-state index in [-0.39, 0.29) is 0 Å². The van der Waals surface area contributed by atoms with E-state index in [1.54, 1.807) is 0 Å². The van der Waals surface area contributed by atoms with E-state index < -0.39 is 6.10 Å². The second-order valence-corrected chi connectivity index (χ2v) is 4.33. The van der Waals surface area contributed by atoms with Crippen molar-refractivity contribution >= 4 is 10.8 Å². The molecule has 0 saturated heterocycles. The maximum atomic E-state index is 10.0. The van der Waals surface area contributed by atoms with Gasteiger partial charge < -0.3 is 10.4 Å². The first-order valence-corrected chi connectivity index (χ1v) is 6.18. The van der Waals surface area contributed by atoms with Crippen LogP contribution in [0.15, 0.2) is 42.5 Å². The molecule has 0 saturated carbocycles. The number of fused-ring (bicyclic) bond motifs is 1. The number of hydrogen-bond donors (Lipinski definition) is 2. The lowest BCUT2D eigenvalue weighted by atomic mass is 10.0. The highest BCUT2D eigenvalue weighted by Gasteiger charge is 2.06. The molecule has 2 nitrogen and oxygen atoms in total. The molecule has 2 heteroatoms. The molecule has 0 unspecified atom stereocenters. The van der Waals surface area contributed by atoms with Crippen LogP contribution in [0.1, 0.15) is 25.0 Å². The first-order chi connectivity index (χ1) is 8.31. The van der Waals surface area contributed by atoms with E-state index in [0.717, 1.165) is 18.5 Å². The Bertz CT molecular complexity index is 481. The van der Waals surface area contributed by atoms with Crippen molar-refractivity contribution in [3.63, 3.8) is 0 Å². The number of benzene rings is 2. The van der Waals surface area contributed by atoms with Gasteiger partial charge in [-0.1, -0.05) is 43.3 Å². The van der Waals surface area contributed by atoms with Gasteiger partial charge in [-0.25, -0.2) is 0 Å². The van der Waals surface area contributed by atoms with Crippen LogP contribution in [-0.2, 0) is 0 Å². The van der Waals surface area contributed by atoms with Crippen LogP contribution in [0.4, 0.5) is 0 Å². The molecule has 1 atom stereocenters. The summed E-state index contributed by atoms with van der Waals surface area (Å²) in [6.45, 7) is 3.69. The Labute approximate surface area is 102 Å². The van der Waals surface area contributed by atoms with Gasteiger partial charge in [0.1, 0.15) is 0 Å². The SMILES string of the molecule is CCCNC[C@H](O)c1ccc2ccccc2c1. The summed E-state index contributed by atoms with van der Waals surface area (Å²) < 4.78 is 0. The van der Waals surface area contributed by atoms with Crippen molar-refractivity contribution in [2.24, 2.45) is 0 Å². The largest absolute Gasteiger partial charge is 0.387 e. The summed E-state index contributed by atoms with van der Waals surface area (Å²) in [5, 5.41) is 15.7. The van der Waals surface area contributed by atoms with Crippen LogP contribution in [0.25, 0.3) is 10.8 Å². The van der Waals surface area contributed by atoms with Crippen molar-refractivity contribution in [2.75, 3.05) is 13.1 Å². The molecule has 0 radical (unpaired) electrons. The summed E-state index contributed by atoms with van der Waals surface area (Å²) in [6, 6.07) is 14.3. The Morgan fingerprint density at radius 3 is 2.65 bits per heavy atom. The minimum absolute atomic E-state index is 0.425. The number of hydrogen-bond acceptors (Lipinski definition) is 2. The van der Waals surface area contributed by atoms with Gasteiger partial charge in [0.05, 0.1) is 6.10 Å². The predicted octanol–water partition coefficient (Wildman–Crippen LogP) is 2.87. The van der Waals surface area contributed by atoms with E-state index in [4.69, 9.17) is 0 Å². The minimum atomic E-state index is -0.425. The Morgan fingerprint density at radius 1 is 1.12 bits per heavy atom. The van der Waals surface area contributed by atoms with Crippen LogP contribution >= 0.6 is 0 Å². The van der Waals surface area contributed by atoms with E-state index in [0.29, 0.717) is 6.54 Å². The second kappa shape index (κ2) is 5.80. The molecule has 0 spiro atoms. The van der Waals surface area contributed by atoms with E-state index >= 15 is 0 Å². The zero-order valence-corrected chi connectivity index (χ0v) is 10.2. The van der Waals surface area contributed by atoms with Crippen molar-refractivity contribution < 1.29 is 5.11 Å². The quantitative estimate of drug-likeness (QED) is 0.773. The molecule has 0 aliphatic heterocycles. The summed E-state index contributed by atoms with van der Waals surface area (Å²) in [4.78, 5) is 0. The Kier molecular flexibility index (Phi) is 4.13. The van der Waals surface area contributed by atoms with Gasteiger partial charge >= 0.3 is 0 Å².